The third-order valence-electron chi connectivity index (χ3n) is 2.26. The highest BCUT2D eigenvalue weighted by atomic mass is 35.5. The zero-order chi connectivity index (χ0) is 15.4. The van der Waals surface area contributed by atoms with Crippen molar-refractivity contribution in [3.8, 4) is 11.5 Å². The number of aromatic nitrogens is 2. The molecule has 0 amide bonds. The van der Waals surface area contributed by atoms with Crippen molar-refractivity contribution >= 4 is 23.3 Å². The van der Waals surface area contributed by atoms with Crippen LogP contribution in [0.1, 0.15) is 5.89 Å². The Morgan fingerprint density at radius 3 is 2.86 bits per heavy atom. The van der Waals surface area contributed by atoms with E-state index in [4.69, 9.17) is 25.9 Å². The molecule has 110 valence electrons. The van der Waals surface area contributed by atoms with Crippen LogP contribution in [0.15, 0.2) is 22.6 Å². The van der Waals surface area contributed by atoms with E-state index in [1.54, 1.807) is 0 Å². The van der Waals surface area contributed by atoms with Crippen LogP contribution in [0.2, 0.25) is 5.02 Å². The van der Waals surface area contributed by atoms with Gasteiger partial charge in [-0.15, -0.1) is 10.2 Å². The van der Waals surface area contributed by atoms with Gasteiger partial charge in [0.1, 0.15) is 13.2 Å². The number of nitro benzene ring substituents is 1. The Balaban J connectivity index is 2.17. The molecule has 0 aliphatic heterocycles. The van der Waals surface area contributed by atoms with Gasteiger partial charge in [-0.1, -0.05) is 11.6 Å². The lowest BCUT2D eigenvalue weighted by Crippen LogP contribution is -2.06. The van der Waals surface area contributed by atoms with Gasteiger partial charge >= 0.3 is 5.97 Å². The maximum Gasteiger partial charge on any atom is 0.329 e. The number of benzene rings is 1. The first-order valence-electron chi connectivity index (χ1n) is 5.53. The van der Waals surface area contributed by atoms with Gasteiger partial charge in [-0.3, -0.25) is 10.1 Å². The molecule has 0 radical (unpaired) electrons. The van der Waals surface area contributed by atoms with Crippen LogP contribution in [-0.2, 0) is 16.1 Å². The fourth-order valence-corrected chi connectivity index (χ4v) is 1.69. The molecule has 1 aromatic heterocycles. The minimum absolute atomic E-state index is 0.0227. The monoisotopic (exact) mass is 313 g/mol. The second kappa shape index (κ2) is 6.29. The summed E-state index contributed by atoms with van der Waals surface area (Å²) in [6, 6.07) is 3.86. The van der Waals surface area contributed by atoms with Crippen LogP contribution in [0.3, 0.4) is 0 Å². The first-order valence-corrected chi connectivity index (χ1v) is 5.91. The molecule has 10 heteroatoms. The summed E-state index contributed by atoms with van der Waals surface area (Å²) in [5, 5.41) is 26.7. The number of nitrogens with zero attached hydrogens (tertiary/aromatic N) is 3. The van der Waals surface area contributed by atoms with Gasteiger partial charge in [0.15, 0.2) is 0 Å². The molecule has 0 aliphatic rings. The number of carboxylic acid groups (broad SMARTS) is 1. The van der Waals surface area contributed by atoms with Gasteiger partial charge in [0, 0.05) is 22.7 Å². The van der Waals surface area contributed by atoms with E-state index >= 15 is 0 Å². The fraction of sp³-hybridized carbons (Fsp3) is 0.182. The minimum Gasteiger partial charge on any atom is -0.480 e. The van der Waals surface area contributed by atoms with Crippen LogP contribution in [0.5, 0.6) is 0 Å². The number of rotatable bonds is 6. The van der Waals surface area contributed by atoms with Gasteiger partial charge in [-0.05, 0) is 6.07 Å². The maximum absolute atomic E-state index is 10.8. The van der Waals surface area contributed by atoms with E-state index in [1.165, 1.54) is 18.2 Å². The van der Waals surface area contributed by atoms with E-state index in [-0.39, 0.29) is 34.7 Å². The number of hydrogen-bond donors (Lipinski definition) is 1. The molecule has 2 aromatic rings. The normalized spacial score (nSPS) is 10.5. The van der Waals surface area contributed by atoms with Gasteiger partial charge in [0.05, 0.1) is 4.92 Å². The average molecular weight is 314 g/mol. The first kappa shape index (κ1) is 14.9. The van der Waals surface area contributed by atoms with E-state index in [9.17, 15) is 14.9 Å². The van der Waals surface area contributed by atoms with Crippen molar-refractivity contribution in [1.29, 1.82) is 0 Å². The first-order chi connectivity index (χ1) is 9.95. The second-order valence-corrected chi connectivity index (χ2v) is 4.28. The van der Waals surface area contributed by atoms with Crippen molar-refractivity contribution in [3.63, 3.8) is 0 Å². The second-order valence-electron chi connectivity index (χ2n) is 3.84. The Kier molecular flexibility index (Phi) is 4.45. The van der Waals surface area contributed by atoms with Crippen LogP contribution in [0.4, 0.5) is 5.69 Å². The molecule has 0 bridgehead atoms. The molecule has 2 rings (SSSR count). The van der Waals surface area contributed by atoms with Gasteiger partial charge in [0.2, 0.25) is 11.8 Å². The number of carboxylic acids is 1. The number of nitro groups is 1. The van der Waals surface area contributed by atoms with Gasteiger partial charge in [0.25, 0.3) is 5.69 Å². The molecule has 0 saturated carbocycles. The number of carbonyl (C=O) groups is 1. The molecule has 0 atom stereocenters. The smallest absolute Gasteiger partial charge is 0.329 e. The molecule has 1 aromatic carbocycles. The predicted octanol–water partition coefficient (Wildman–Crippen LogP) is 1.90. The highest BCUT2D eigenvalue weighted by Gasteiger charge is 2.15. The van der Waals surface area contributed by atoms with E-state index in [0.717, 1.165) is 0 Å². The predicted molar refractivity (Wildman–Crippen MR) is 68.7 cm³/mol. The van der Waals surface area contributed by atoms with Crippen LogP contribution in [-0.4, -0.2) is 32.8 Å². The standard InChI is InChI=1S/C11H8ClN3O6/c12-7-1-6(2-8(3-7)15(18)19)11-14-13-9(21-11)4-20-5-10(16)17/h1-3H,4-5H2,(H,16,17). The summed E-state index contributed by atoms with van der Waals surface area (Å²) in [5.74, 6) is -1.05. The van der Waals surface area contributed by atoms with Gasteiger partial charge in [-0.2, -0.15) is 0 Å². The van der Waals surface area contributed by atoms with E-state index in [1.807, 2.05) is 0 Å². The summed E-state index contributed by atoms with van der Waals surface area (Å²) in [6.45, 7) is -0.678. The van der Waals surface area contributed by atoms with Crippen molar-refractivity contribution in [1.82, 2.24) is 10.2 Å². The molecule has 0 fully saturated rings. The minimum atomic E-state index is -1.12. The van der Waals surface area contributed by atoms with Crippen LogP contribution < -0.4 is 0 Å². The highest BCUT2D eigenvalue weighted by molar-refractivity contribution is 6.31. The third kappa shape index (κ3) is 3.97. The topological polar surface area (TPSA) is 129 Å². The van der Waals surface area contributed by atoms with Crippen LogP contribution in [0.25, 0.3) is 11.5 Å². The Hall–Kier alpha value is -2.52. The summed E-state index contributed by atoms with van der Waals surface area (Å²) in [6.07, 6.45) is 0. The molecular weight excluding hydrogens is 306 g/mol. The summed E-state index contributed by atoms with van der Waals surface area (Å²) in [4.78, 5) is 20.4. The zero-order valence-corrected chi connectivity index (χ0v) is 11.1. The molecule has 9 nitrogen and oxygen atoms in total. The summed E-state index contributed by atoms with van der Waals surface area (Å²) in [7, 11) is 0. The molecule has 1 heterocycles. The summed E-state index contributed by atoms with van der Waals surface area (Å²) < 4.78 is 10.0. The van der Waals surface area contributed by atoms with Gasteiger partial charge in [-0.25, -0.2) is 4.79 Å². The number of ether oxygens (including phenoxy) is 1. The Morgan fingerprint density at radius 2 is 2.19 bits per heavy atom. The van der Waals surface area contributed by atoms with Crippen molar-refractivity contribution in [2.75, 3.05) is 6.61 Å². The lowest BCUT2D eigenvalue weighted by molar-refractivity contribution is -0.384. The van der Waals surface area contributed by atoms with E-state index < -0.39 is 17.5 Å². The van der Waals surface area contributed by atoms with Gasteiger partial charge < -0.3 is 14.3 Å². The number of non-ortho nitro benzene ring substituents is 1. The van der Waals surface area contributed by atoms with E-state index in [0.29, 0.717) is 0 Å². The number of aliphatic carboxylic acids is 1. The molecule has 0 saturated heterocycles. The van der Waals surface area contributed by atoms with Crippen molar-refractivity contribution < 1.29 is 24.0 Å². The largest absolute Gasteiger partial charge is 0.480 e. The molecule has 0 unspecified atom stereocenters. The quantitative estimate of drug-likeness (QED) is 0.632. The number of hydrogen-bond acceptors (Lipinski definition) is 7. The van der Waals surface area contributed by atoms with Crippen molar-refractivity contribution in [2.45, 2.75) is 6.61 Å². The molecular formula is C11H8ClN3O6. The molecule has 0 spiro atoms. The average Bonchev–Trinajstić information content (AvgIpc) is 2.86. The third-order valence-corrected chi connectivity index (χ3v) is 2.48. The SMILES string of the molecule is O=C(O)COCc1nnc(-c2cc(Cl)cc([N+](=O)[O-])c2)o1. The summed E-state index contributed by atoms with van der Waals surface area (Å²) in [5.41, 5.74) is 0.0746. The molecule has 0 aliphatic carbocycles. The lowest BCUT2D eigenvalue weighted by Gasteiger charge is -1.98. The zero-order valence-electron chi connectivity index (χ0n) is 10.4. The summed E-state index contributed by atoms with van der Waals surface area (Å²) >= 11 is 5.78. The van der Waals surface area contributed by atoms with Crippen molar-refractivity contribution in [2.24, 2.45) is 0 Å². The molecule has 1 N–H and O–H groups in total. The van der Waals surface area contributed by atoms with E-state index in [2.05, 4.69) is 10.2 Å². The Labute approximate surface area is 122 Å². The Morgan fingerprint density at radius 1 is 1.43 bits per heavy atom. The van der Waals surface area contributed by atoms with Crippen molar-refractivity contribution in [3.05, 3.63) is 39.2 Å². The van der Waals surface area contributed by atoms with Crippen LogP contribution in [0, 0.1) is 10.1 Å². The Bertz CT molecular complexity index is 686. The maximum atomic E-state index is 10.8. The fourth-order valence-electron chi connectivity index (χ4n) is 1.46. The molecule has 21 heavy (non-hydrogen) atoms. The lowest BCUT2D eigenvalue weighted by atomic mass is 10.2. The van der Waals surface area contributed by atoms with Crippen LogP contribution >= 0.6 is 11.6 Å². The number of halogens is 1. The highest BCUT2D eigenvalue weighted by Crippen LogP contribution is 2.27.